The van der Waals surface area contributed by atoms with Crippen LogP contribution < -0.4 is 15.0 Å². The molecule has 1 amide bonds. The van der Waals surface area contributed by atoms with Crippen molar-refractivity contribution in [2.24, 2.45) is 0 Å². The standard InChI is InChI=1S/C16H17N5O3/c1-24-13-3-2-12-14(20-13)15(10(8-17)9-18-12)21-6-4-11(5-7-21)19-16(22)23/h2-3,9,11,19H,4-7H2,1H3,(H,22,23). The summed E-state index contributed by atoms with van der Waals surface area (Å²) in [6.45, 7) is 1.27. The van der Waals surface area contributed by atoms with Crippen LogP contribution in [0.5, 0.6) is 5.88 Å². The van der Waals surface area contributed by atoms with Gasteiger partial charge in [-0.2, -0.15) is 5.26 Å². The van der Waals surface area contributed by atoms with Crippen molar-refractivity contribution in [1.29, 1.82) is 5.26 Å². The number of hydrogen-bond acceptors (Lipinski definition) is 6. The Morgan fingerprint density at radius 2 is 2.21 bits per heavy atom. The van der Waals surface area contributed by atoms with E-state index in [-0.39, 0.29) is 6.04 Å². The number of nitrogens with one attached hydrogen (secondary N) is 1. The highest BCUT2D eigenvalue weighted by Crippen LogP contribution is 2.31. The Morgan fingerprint density at radius 3 is 2.83 bits per heavy atom. The molecule has 8 heteroatoms. The molecule has 3 heterocycles. The number of nitrogens with zero attached hydrogens (tertiary/aromatic N) is 4. The Hall–Kier alpha value is -3.08. The maximum absolute atomic E-state index is 10.8. The smallest absolute Gasteiger partial charge is 0.404 e. The van der Waals surface area contributed by atoms with Crippen LogP contribution in [0.15, 0.2) is 18.3 Å². The zero-order valence-electron chi connectivity index (χ0n) is 13.2. The predicted molar refractivity (Wildman–Crippen MR) is 87.2 cm³/mol. The molecule has 24 heavy (non-hydrogen) atoms. The lowest BCUT2D eigenvalue weighted by molar-refractivity contribution is 0.187. The molecule has 0 atom stereocenters. The average molecular weight is 327 g/mol. The number of carbonyl (C=O) groups is 1. The first-order valence-corrected chi connectivity index (χ1v) is 7.60. The lowest BCUT2D eigenvalue weighted by Gasteiger charge is -2.34. The van der Waals surface area contributed by atoms with E-state index in [1.54, 1.807) is 19.4 Å². The summed E-state index contributed by atoms with van der Waals surface area (Å²) in [4.78, 5) is 21.6. The van der Waals surface area contributed by atoms with Gasteiger partial charge in [-0.05, 0) is 18.9 Å². The number of fused-ring (bicyclic) bond motifs is 1. The van der Waals surface area contributed by atoms with E-state index in [0.29, 0.717) is 48.4 Å². The highest BCUT2D eigenvalue weighted by Gasteiger charge is 2.24. The molecule has 2 aromatic heterocycles. The van der Waals surface area contributed by atoms with Crippen molar-refractivity contribution in [3.05, 3.63) is 23.9 Å². The largest absolute Gasteiger partial charge is 0.481 e. The summed E-state index contributed by atoms with van der Waals surface area (Å²) in [6, 6.07) is 5.64. The van der Waals surface area contributed by atoms with Crippen LogP contribution >= 0.6 is 0 Å². The number of carboxylic acid groups (broad SMARTS) is 1. The summed E-state index contributed by atoms with van der Waals surface area (Å²) in [5.74, 6) is 0.461. The number of hydrogen-bond donors (Lipinski definition) is 2. The molecule has 0 spiro atoms. The minimum Gasteiger partial charge on any atom is -0.481 e. The number of ether oxygens (including phenoxy) is 1. The average Bonchev–Trinajstić information content (AvgIpc) is 2.60. The quantitative estimate of drug-likeness (QED) is 0.883. The van der Waals surface area contributed by atoms with Gasteiger partial charge in [-0.3, -0.25) is 4.98 Å². The number of methoxy groups -OCH3 is 1. The van der Waals surface area contributed by atoms with E-state index in [0.717, 1.165) is 5.69 Å². The molecule has 2 aromatic rings. The molecule has 124 valence electrons. The fourth-order valence-corrected chi connectivity index (χ4v) is 2.97. The van der Waals surface area contributed by atoms with Crippen molar-refractivity contribution in [2.75, 3.05) is 25.1 Å². The Labute approximate surface area is 138 Å². The van der Waals surface area contributed by atoms with Crippen molar-refractivity contribution in [1.82, 2.24) is 15.3 Å². The van der Waals surface area contributed by atoms with Crippen LogP contribution in [-0.2, 0) is 0 Å². The monoisotopic (exact) mass is 327 g/mol. The first kappa shape index (κ1) is 15.8. The third-order valence-electron chi connectivity index (χ3n) is 4.13. The maximum Gasteiger partial charge on any atom is 0.404 e. The summed E-state index contributed by atoms with van der Waals surface area (Å²) >= 11 is 0. The van der Waals surface area contributed by atoms with Gasteiger partial charge in [0, 0.05) is 31.4 Å². The van der Waals surface area contributed by atoms with Crippen LogP contribution in [0.25, 0.3) is 11.0 Å². The zero-order chi connectivity index (χ0) is 17.1. The molecule has 0 unspecified atom stereocenters. The van der Waals surface area contributed by atoms with Crippen LogP contribution in [0.3, 0.4) is 0 Å². The lowest BCUT2D eigenvalue weighted by Crippen LogP contribution is -2.44. The van der Waals surface area contributed by atoms with Gasteiger partial charge in [0.25, 0.3) is 0 Å². The van der Waals surface area contributed by atoms with Gasteiger partial charge in [0.1, 0.15) is 11.6 Å². The number of anilines is 1. The van der Waals surface area contributed by atoms with Gasteiger partial charge < -0.3 is 20.1 Å². The second-order valence-corrected chi connectivity index (χ2v) is 5.56. The number of piperidine rings is 1. The maximum atomic E-state index is 10.8. The minimum atomic E-state index is -1.01. The van der Waals surface area contributed by atoms with Crippen molar-refractivity contribution < 1.29 is 14.6 Å². The van der Waals surface area contributed by atoms with E-state index < -0.39 is 6.09 Å². The zero-order valence-corrected chi connectivity index (χ0v) is 13.2. The highest BCUT2D eigenvalue weighted by molar-refractivity contribution is 5.91. The number of amides is 1. The molecule has 0 aliphatic carbocycles. The Bertz CT molecular complexity index is 809. The third kappa shape index (κ3) is 3.01. The van der Waals surface area contributed by atoms with E-state index in [9.17, 15) is 10.1 Å². The first-order chi connectivity index (χ1) is 11.6. The SMILES string of the molecule is COc1ccc2ncc(C#N)c(N3CCC(NC(=O)O)CC3)c2n1. The van der Waals surface area contributed by atoms with Gasteiger partial charge in [0.2, 0.25) is 5.88 Å². The molecule has 1 aliphatic rings. The Morgan fingerprint density at radius 1 is 1.46 bits per heavy atom. The molecule has 0 bridgehead atoms. The minimum absolute atomic E-state index is 0.0696. The fourth-order valence-electron chi connectivity index (χ4n) is 2.97. The van der Waals surface area contributed by atoms with Crippen LogP contribution in [-0.4, -0.2) is 47.4 Å². The topological polar surface area (TPSA) is 111 Å². The summed E-state index contributed by atoms with van der Waals surface area (Å²) in [5, 5.41) is 20.8. The third-order valence-corrected chi connectivity index (χ3v) is 4.13. The molecule has 0 saturated carbocycles. The molecule has 8 nitrogen and oxygen atoms in total. The van der Waals surface area contributed by atoms with E-state index in [1.807, 2.05) is 6.07 Å². The normalized spacial score (nSPS) is 15.1. The second kappa shape index (κ2) is 6.58. The molecule has 0 aromatic carbocycles. The van der Waals surface area contributed by atoms with Gasteiger partial charge in [0.15, 0.2) is 0 Å². The van der Waals surface area contributed by atoms with Crippen LogP contribution in [0.2, 0.25) is 0 Å². The van der Waals surface area contributed by atoms with Crippen molar-refractivity contribution in [2.45, 2.75) is 18.9 Å². The van der Waals surface area contributed by atoms with Crippen LogP contribution in [0, 0.1) is 11.3 Å². The Balaban J connectivity index is 1.96. The van der Waals surface area contributed by atoms with Gasteiger partial charge in [-0.15, -0.1) is 0 Å². The van der Waals surface area contributed by atoms with Crippen molar-refractivity contribution in [3.63, 3.8) is 0 Å². The number of nitriles is 1. The van der Waals surface area contributed by atoms with Gasteiger partial charge >= 0.3 is 6.09 Å². The lowest BCUT2D eigenvalue weighted by atomic mass is 10.0. The summed E-state index contributed by atoms with van der Waals surface area (Å²) in [7, 11) is 1.54. The second-order valence-electron chi connectivity index (χ2n) is 5.56. The van der Waals surface area contributed by atoms with Crippen molar-refractivity contribution in [3.8, 4) is 11.9 Å². The summed E-state index contributed by atoms with van der Waals surface area (Å²) in [6.07, 6.45) is 1.88. The molecule has 1 saturated heterocycles. The molecule has 0 radical (unpaired) electrons. The van der Waals surface area contributed by atoms with Crippen LogP contribution in [0.4, 0.5) is 10.5 Å². The first-order valence-electron chi connectivity index (χ1n) is 7.60. The van der Waals surface area contributed by atoms with Crippen molar-refractivity contribution >= 4 is 22.8 Å². The number of aromatic nitrogens is 2. The molecular formula is C16H17N5O3. The van der Waals surface area contributed by atoms with E-state index >= 15 is 0 Å². The molecule has 2 N–H and O–H groups in total. The molecule has 1 aliphatic heterocycles. The summed E-state index contributed by atoms with van der Waals surface area (Å²) < 4.78 is 5.18. The highest BCUT2D eigenvalue weighted by atomic mass is 16.5. The molecular weight excluding hydrogens is 310 g/mol. The number of pyridine rings is 2. The van der Waals surface area contributed by atoms with E-state index in [2.05, 4.69) is 26.3 Å². The predicted octanol–water partition coefficient (Wildman–Crippen LogP) is 1.75. The molecule has 3 rings (SSSR count). The number of rotatable bonds is 3. The van der Waals surface area contributed by atoms with E-state index in [4.69, 9.17) is 9.84 Å². The van der Waals surface area contributed by atoms with Gasteiger partial charge in [0.05, 0.1) is 23.9 Å². The van der Waals surface area contributed by atoms with Gasteiger partial charge in [-0.25, -0.2) is 9.78 Å². The molecule has 1 fully saturated rings. The summed E-state index contributed by atoms with van der Waals surface area (Å²) in [5.41, 5.74) is 2.50. The fraction of sp³-hybridized carbons (Fsp3) is 0.375. The Kier molecular flexibility index (Phi) is 4.33. The van der Waals surface area contributed by atoms with Crippen LogP contribution in [0.1, 0.15) is 18.4 Å². The van der Waals surface area contributed by atoms with E-state index in [1.165, 1.54) is 0 Å². The van der Waals surface area contributed by atoms with Gasteiger partial charge in [-0.1, -0.05) is 0 Å².